The van der Waals surface area contributed by atoms with E-state index in [1.54, 1.807) is 0 Å². The number of nitriles is 1. The van der Waals surface area contributed by atoms with Gasteiger partial charge in [0, 0.05) is 29.0 Å². The van der Waals surface area contributed by atoms with Gasteiger partial charge in [0.05, 0.1) is 17.0 Å². The van der Waals surface area contributed by atoms with Gasteiger partial charge in [-0.3, -0.25) is 9.48 Å². The number of fused-ring (bicyclic) bond motifs is 3. The van der Waals surface area contributed by atoms with E-state index in [0.29, 0.717) is 6.42 Å². The molecule has 0 radical (unpaired) electrons. The molecule has 0 amide bonds. The largest absolute Gasteiger partial charge is 0.293 e. The zero-order valence-electron chi connectivity index (χ0n) is 22.1. The second-order valence-electron chi connectivity index (χ2n) is 11.4. The van der Waals surface area contributed by atoms with E-state index in [4.69, 9.17) is 5.10 Å². The Morgan fingerprint density at radius 2 is 1.82 bits per heavy atom. The van der Waals surface area contributed by atoms with Gasteiger partial charge in [-0.1, -0.05) is 98.0 Å². The molecule has 3 aliphatic carbocycles. The SMILES string of the molecule is Cn1nc2c(c1-c1ccccc1)CC[C@H]1C(Cc3ccccc3)(CC3C=CC=CC3)C(=O)C(C#N)=C[C@]21C. The monoisotopic (exact) mass is 499 g/mol. The summed E-state index contributed by atoms with van der Waals surface area (Å²) in [6.45, 7) is 2.22. The average molecular weight is 500 g/mol. The lowest BCUT2D eigenvalue weighted by Crippen LogP contribution is -2.55. The second kappa shape index (κ2) is 9.40. The summed E-state index contributed by atoms with van der Waals surface area (Å²) in [5.41, 5.74) is 4.79. The number of hydrogen-bond acceptors (Lipinski definition) is 3. The van der Waals surface area contributed by atoms with Crippen molar-refractivity contribution < 1.29 is 4.79 Å². The Bertz CT molecular complexity index is 1500. The molecule has 0 saturated heterocycles. The number of rotatable bonds is 5. The molecule has 0 saturated carbocycles. The number of aromatic nitrogens is 2. The number of carbonyl (C=O) groups is 1. The van der Waals surface area contributed by atoms with Crippen LogP contribution in [0, 0.1) is 28.6 Å². The van der Waals surface area contributed by atoms with Crippen molar-refractivity contribution in [2.75, 3.05) is 0 Å². The van der Waals surface area contributed by atoms with Gasteiger partial charge in [-0.15, -0.1) is 0 Å². The number of nitrogens with zero attached hydrogens (tertiary/aromatic N) is 3. The Labute approximate surface area is 225 Å². The first-order chi connectivity index (χ1) is 18.5. The molecular formula is C34H33N3O. The number of aryl methyl sites for hydroxylation is 1. The third-order valence-corrected chi connectivity index (χ3v) is 9.10. The van der Waals surface area contributed by atoms with E-state index in [9.17, 15) is 10.1 Å². The lowest BCUT2D eigenvalue weighted by molar-refractivity contribution is -0.132. The van der Waals surface area contributed by atoms with Crippen molar-refractivity contribution in [3.63, 3.8) is 0 Å². The minimum Gasteiger partial charge on any atom is -0.293 e. The van der Waals surface area contributed by atoms with Gasteiger partial charge in [-0.05, 0) is 49.5 Å². The lowest BCUT2D eigenvalue weighted by Gasteiger charge is -2.53. The Morgan fingerprint density at radius 1 is 1.08 bits per heavy atom. The molecule has 1 heterocycles. The van der Waals surface area contributed by atoms with E-state index in [2.05, 4.69) is 73.7 Å². The molecule has 3 aromatic rings. The predicted molar refractivity (Wildman–Crippen MR) is 150 cm³/mol. The van der Waals surface area contributed by atoms with E-state index >= 15 is 0 Å². The number of carbonyl (C=O) groups excluding carboxylic acids is 1. The summed E-state index contributed by atoms with van der Waals surface area (Å²) in [6, 6.07) is 23.1. The first-order valence-corrected chi connectivity index (χ1v) is 13.6. The van der Waals surface area contributed by atoms with Gasteiger partial charge in [0.2, 0.25) is 0 Å². The van der Waals surface area contributed by atoms with Crippen LogP contribution in [-0.2, 0) is 30.1 Å². The van der Waals surface area contributed by atoms with Crippen LogP contribution >= 0.6 is 0 Å². The Hall–Kier alpha value is -3.97. The summed E-state index contributed by atoms with van der Waals surface area (Å²) in [5.74, 6) is 0.321. The highest BCUT2D eigenvalue weighted by atomic mass is 16.1. The van der Waals surface area contributed by atoms with Gasteiger partial charge in [0.1, 0.15) is 6.07 Å². The van der Waals surface area contributed by atoms with E-state index in [1.807, 2.05) is 42.1 Å². The number of benzene rings is 2. The van der Waals surface area contributed by atoms with Crippen molar-refractivity contribution in [1.29, 1.82) is 5.26 Å². The highest BCUT2D eigenvalue weighted by molar-refractivity contribution is 6.05. The fraction of sp³-hybridized carbons (Fsp3) is 0.324. The van der Waals surface area contributed by atoms with Crippen LogP contribution in [0.1, 0.15) is 43.0 Å². The number of Topliss-reactive ketones (excluding diaryl/α,β-unsaturated/α-hetero) is 1. The third kappa shape index (κ3) is 3.80. The first kappa shape index (κ1) is 24.4. The lowest BCUT2D eigenvalue weighted by atomic mass is 9.48. The fourth-order valence-electron chi connectivity index (χ4n) is 7.56. The van der Waals surface area contributed by atoms with E-state index in [-0.39, 0.29) is 23.2 Å². The molecule has 1 aromatic heterocycles. The van der Waals surface area contributed by atoms with Crippen molar-refractivity contribution in [2.24, 2.45) is 24.3 Å². The Balaban J connectivity index is 1.54. The quantitative estimate of drug-likeness (QED) is 0.393. The second-order valence-corrected chi connectivity index (χ2v) is 11.4. The molecule has 0 fully saturated rings. The first-order valence-electron chi connectivity index (χ1n) is 13.6. The van der Waals surface area contributed by atoms with Crippen LogP contribution < -0.4 is 0 Å². The summed E-state index contributed by atoms with van der Waals surface area (Å²) in [5, 5.41) is 15.4. The zero-order valence-corrected chi connectivity index (χ0v) is 22.1. The van der Waals surface area contributed by atoms with E-state index in [0.717, 1.165) is 48.2 Å². The van der Waals surface area contributed by atoms with Gasteiger partial charge < -0.3 is 0 Å². The normalized spacial score (nSPS) is 27.8. The summed E-state index contributed by atoms with van der Waals surface area (Å²) in [6.07, 6.45) is 14.6. The summed E-state index contributed by atoms with van der Waals surface area (Å²) in [7, 11) is 2.01. The molecule has 2 unspecified atom stereocenters. The summed E-state index contributed by atoms with van der Waals surface area (Å²) < 4.78 is 2.00. The summed E-state index contributed by atoms with van der Waals surface area (Å²) in [4.78, 5) is 14.4. The van der Waals surface area contributed by atoms with E-state index < -0.39 is 10.8 Å². The molecule has 0 aliphatic heterocycles. The van der Waals surface area contributed by atoms with Crippen LogP contribution in [0.5, 0.6) is 0 Å². The maximum absolute atomic E-state index is 14.4. The maximum atomic E-state index is 14.4. The standard InChI is InChI=1S/C34H33N3O/c1-33-22-27(23-35)32(38)34(20-24-12-6-3-7-13-24,21-25-14-8-4-9-15-25)29(33)19-18-28-30(37(2)36-31(28)33)26-16-10-5-11-17-26/h3-14,16-17,22,25,29H,15,18-21H2,1-2H3/t25?,29-,33+,34?/m1/s1. The Morgan fingerprint density at radius 3 is 2.50 bits per heavy atom. The molecule has 190 valence electrons. The smallest absolute Gasteiger partial charge is 0.179 e. The van der Waals surface area contributed by atoms with Crippen LogP contribution in [0.2, 0.25) is 0 Å². The van der Waals surface area contributed by atoms with Crippen molar-refractivity contribution in [2.45, 2.75) is 44.4 Å². The van der Waals surface area contributed by atoms with E-state index in [1.165, 1.54) is 5.56 Å². The van der Waals surface area contributed by atoms with Crippen LogP contribution in [0.15, 0.2) is 96.6 Å². The van der Waals surface area contributed by atoms with Gasteiger partial charge in [-0.25, -0.2) is 0 Å². The molecule has 3 aliphatic rings. The van der Waals surface area contributed by atoms with Crippen LogP contribution in [-0.4, -0.2) is 15.6 Å². The number of allylic oxidation sites excluding steroid dienone is 6. The minimum absolute atomic E-state index is 0.0111. The topological polar surface area (TPSA) is 58.7 Å². The number of ketones is 1. The highest BCUT2D eigenvalue weighted by Gasteiger charge is 2.59. The van der Waals surface area contributed by atoms with Gasteiger partial charge >= 0.3 is 0 Å². The van der Waals surface area contributed by atoms with Gasteiger partial charge in [-0.2, -0.15) is 10.4 Å². The van der Waals surface area contributed by atoms with Crippen molar-refractivity contribution in [1.82, 2.24) is 9.78 Å². The Kier molecular flexibility index (Phi) is 6.03. The van der Waals surface area contributed by atoms with Gasteiger partial charge in [0.25, 0.3) is 0 Å². The van der Waals surface area contributed by atoms with Crippen molar-refractivity contribution in [3.05, 3.63) is 113 Å². The molecule has 0 N–H and O–H groups in total. The van der Waals surface area contributed by atoms with Crippen molar-refractivity contribution in [3.8, 4) is 17.3 Å². The molecule has 4 nitrogen and oxygen atoms in total. The molecule has 38 heavy (non-hydrogen) atoms. The molecule has 0 bridgehead atoms. The molecule has 4 atom stereocenters. The highest BCUT2D eigenvalue weighted by Crippen LogP contribution is 2.59. The number of hydrogen-bond donors (Lipinski definition) is 0. The van der Waals surface area contributed by atoms with Gasteiger partial charge in [0.15, 0.2) is 5.78 Å². The molecule has 2 aromatic carbocycles. The fourth-order valence-corrected chi connectivity index (χ4v) is 7.56. The summed E-state index contributed by atoms with van der Waals surface area (Å²) >= 11 is 0. The zero-order chi connectivity index (χ0) is 26.3. The van der Waals surface area contributed by atoms with Crippen LogP contribution in [0.25, 0.3) is 11.3 Å². The third-order valence-electron chi connectivity index (χ3n) is 9.10. The predicted octanol–water partition coefficient (Wildman–Crippen LogP) is 6.69. The molecule has 0 spiro atoms. The molecule has 4 heteroatoms. The van der Waals surface area contributed by atoms with Crippen molar-refractivity contribution >= 4 is 5.78 Å². The van der Waals surface area contributed by atoms with Crippen LogP contribution in [0.4, 0.5) is 0 Å². The minimum atomic E-state index is -0.682. The average Bonchev–Trinajstić information content (AvgIpc) is 3.29. The molecular weight excluding hydrogens is 466 g/mol. The maximum Gasteiger partial charge on any atom is 0.179 e. The van der Waals surface area contributed by atoms with Crippen LogP contribution in [0.3, 0.4) is 0 Å². The molecule has 6 rings (SSSR count).